The number of rotatable bonds is 8. The SMILES string of the molecule is COCCCN1C(=O)C(=O)/C(=C(/O)c2cc(C)cc(C)c2OC)C1c1ccc(OC(C)=O)cc1. The predicted octanol–water partition coefficient (Wildman–Crippen LogP) is 3.70. The second-order valence-electron chi connectivity index (χ2n) is 8.16. The van der Waals surface area contributed by atoms with Gasteiger partial charge in [-0.1, -0.05) is 18.2 Å². The molecule has 1 unspecified atom stereocenters. The van der Waals surface area contributed by atoms with Gasteiger partial charge in [0.1, 0.15) is 17.3 Å². The van der Waals surface area contributed by atoms with E-state index in [0.717, 1.165) is 11.1 Å². The Labute approximate surface area is 198 Å². The van der Waals surface area contributed by atoms with E-state index in [4.69, 9.17) is 14.2 Å². The van der Waals surface area contributed by atoms with Crippen LogP contribution in [0, 0.1) is 13.8 Å². The van der Waals surface area contributed by atoms with E-state index in [-0.39, 0.29) is 17.9 Å². The number of aliphatic hydroxyl groups is 1. The Balaban J connectivity index is 2.18. The quantitative estimate of drug-likeness (QED) is 0.158. The number of amides is 1. The van der Waals surface area contributed by atoms with Gasteiger partial charge < -0.3 is 24.2 Å². The van der Waals surface area contributed by atoms with E-state index in [1.807, 2.05) is 19.9 Å². The minimum absolute atomic E-state index is 0.0223. The van der Waals surface area contributed by atoms with Crippen LogP contribution in [0.5, 0.6) is 11.5 Å². The zero-order chi connectivity index (χ0) is 25.0. The van der Waals surface area contributed by atoms with Crippen LogP contribution >= 0.6 is 0 Å². The van der Waals surface area contributed by atoms with E-state index in [2.05, 4.69) is 0 Å². The summed E-state index contributed by atoms with van der Waals surface area (Å²) in [6, 6.07) is 9.32. The van der Waals surface area contributed by atoms with Crippen LogP contribution in [-0.4, -0.2) is 55.0 Å². The molecule has 0 saturated carbocycles. The Hall–Kier alpha value is -3.65. The zero-order valence-electron chi connectivity index (χ0n) is 20.0. The summed E-state index contributed by atoms with van der Waals surface area (Å²) in [5, 5.41) is 11.4. The standard InChI is InChI=1S/C26H29NO7/c1-15-13-16(2)25(33-5)20(14-15)23(29)21-22(18-7-9-19(10-8-18)34-17(3)28)27(11-6-12-32-4)26(31)24(21)30/h7-10,13-14,22,29H,6,11-12H2,1-5H3/b23-21+. The van der Waals surface area contributed by atoms with Crippen molar-refractivity contribution >= 4 is 23.4 Å². The highest BCUT2D eigenvalue weighted by molar-refractivity contribution is 6.46. The van der Waals surface area contributed by atoms with Crippen molar-refractivity contribution in [1.82, 2.24) is 4.90 Å². The lowest BCUT2D eigenvalue weighted by Crippen LogP contribution is -2.31. The van der Waals surface area contributed by atoms with Gasteiger partial charge in [0.2, 0.25) is 0 Å². The lowest BCUT2D eigenvalue weighted by Gasteiger charge is -2.25. The van der Waals surface area contributed by atoms with Crippen molar-refractivity contribution in [3.63, 3.8) is 0 Å². The molecule has 0 spiro atoms. The largest absolute Gasteiger partial charge is 0.507 e. The van der Waals surface area contributed by atoms with Gasteiger partial charge in [0, 0.05) is 27.2 Å². The van der Waals surface area contributed by atoms with Crippen LogP contribution < -0.4 is 9.47 Å². The van der Waals surface area contributed by atoms with Crippen molar-refractivity contribution in [1.29, 1.82) is 0 Å². The first-order valence-corrected chi connectivity index (χ1v) is 10.9. The molecule has 2 aromatic carbocycles. The maximum atomic E-state index is 13.2. The van der Waals surface area contributed by atoms with Crippen molar-refractivity contribution in [2.45, 2.75) is 33.2 Å². The number of benzene rings is 2. The molecule has 1 atom stereocenters. The van der Waals surface area contributed by atoms with Gasteiger partial charge in [0.15, 0.2) is 0 Å². The lowest BCUT2D eigenvalue weighted by atomic mass is 9.93. The number of carbonyl (C=O) groups is 3. The van der Waals surface area contributed by atoms with Crippen LogP contribution in [0.1, 0.15) is 41.6 Å². The smallest absolute Gasteiger partial charge is 0.308 e. The monoisotopic (exact) mass is 467 g/mol. The summed E-state index contributed by atoms with van der Waals surface area (Å²) < 4.78 is 15.7. The molecule has 3 rings (SSSR count). The first kappa shape index (κ1) is 25.0. The second-order valence-corrected chi connectivity index (χ2v) is 8.16. The number of hydrogen-bond donors (Lipinski definition) is 1. The van der Waals surface area contributed by atoms with Crippen molar-refractivity contribution in [3.05, 3.63) is 64.2 Å². The molecule has 8 heteroatoms. The Kier molecular flexibility index (Phi) is 7.73. The number of methoxy groups -OCH3 is 2. The Bertz CT molecular complexity index is 1130. The topological polar surface area (TPSA) is 102 Å². The highest BCUT2D eigenvalue weighted by Gasteiger charge is 2.46. The van der Waals surface area contributed by atoms with Crippen molar-refractivity contribution in [2.24, 2.45) is 0 Å². The number of hydrogen-bond acceptors (Lipinski definition) is 7. The normalized spacial score (nSPS) is 17.2. The molecule has 1 aliphatic rings. The first-order chi connectivity index (χ1) is 16.2. The fourth-order valence-electron chi connectivity index (χ4n) is 4.27. The highest BCUT2D eigenvalue weighted by Crippen LogP contribution is 2.42. The Morgan fingerprint density at radius 1 is 1.09 bits per heavy atom. The molecule has 1 aliphatic heterocycles. The van der Waals surface area contributed by atoms with E-state index >= 15 is 0 Å². The van der Waals surface area contributed by atoms with E-state index in [1.54, 1.807) is 37.4 Å². The van der Waals surface area contributed by atoms with Crippen LogP contribution in [0.3, 0.4) is 0 Å². The maximum Gasteiger partial charge on any atom is 0.308 e. The zero-order valence-corrected chi connectivity index (χ0v) is 20.0. The average molecular weight is 468 g/mol. The molecule has 1 amide bonds. The molecule has 34 heavy (non-hydrogen) atoms. The van der Waals surface area contributed by atoms with Crippen LogP contribution in [0.4, 0.5) is 0 Å². The first-order valence-electron chi connectivity index (χ1n) is 10.9. The summed E-state index contributed by atoms with van der Waals surface area (Å²) in [4.78, 5) is 38.9. The third-order valence-electron chi connectivity index (χ3n) is 5.62. The fraction of sp³-hybridized carbons (Fsp3) is 0.346. The Morgan fingerprint density at radius 3 is 2.35 bits per heavy atom. The minimum atomic E-state index is -0.825. The maximum absolute atomic E-state index is 13.2. The van der Waals surface area contributed by atoms with Crippen LogP contribution in [0.2, 0.25) is 0 Å². The molecule has 0 bridgehead atoms. The molecule has 1 N–H and O–H groups in total. The molecule has 8 nitrogen and oxygen atoms in total. The number of Topliss-reactive ketones (excluding diaryl/α,β-unsaturated/α-hetero) is 1. The number of ketones is 1. The van der Waals surface area contributed by atoms with Gasteiger partial charge in [0.05, 0.1) is 24.3 Å². The summed E-state index contributed by atoms with van der Waals surface area (Å²) in [5.74, 6) is -1.47. The van der Waals surface area contributed by atoms with Gasteiger partial charge in [-0.05, 0) is 55.2 Å². The van der Waals surface area contributed by atoms with Crippen LogP contribution in [-0.2, 0) is 19.1 Å². The average Bonchev–Trinajstić information content (AvgIpc) is 3.03. The number of likely N-dealkylation sites (tertiary alicyclic amines) is 1. The van der Waals surface area contributed by atoms with E-state index in [0.29, 0.717) is 35.7 Å². The van der Waals surface area contributed by atoms with E-state index in [9.17, 15) is 19.5 Å². The lowest BCUT2D eigenvalue weighted by molar-refractivity contribution is -0.140. The van der Waals surface area contributed by atoms with E-state index < -0.39 is 23.7 Å². The highest BCUT2D eigenvalue weighted by atomic mass is 16.5. The molecule has 1 saturated heterocycles. The number of carbonyl (C=O) groups excluding carboxylic acids is 3. The third-order valence-corrected chi connectivity index (χ3v) is 5.62. The summed E-state index contributed by atoms with van der Waals surface area (Å²) in [5.41, 5.74) is 2.58. The minimum Gasteiger partial charge on any atom is -0.507 e. The van der Waals surface area contributed by atoms with Crippen molar-refractivity contribution in [3.8, 4) is 11.5 Å². The predicted molar refractivity (Wildman–Crippen MR) is 126 cm³/mol. The molecule has 0 aromatic heterocycles. The molecule has 180 valence electrons. The van der Waals surface area contributed by atoms with Gasteiger partial charge in [-0.25, -0.2) is 0 Å². The second kappa shape index (κ2) is 10.5. The fourth-order valence-corrected chi connectivity index (χ4v) is 4.27. The van der Waals surface area contributed by atoms with Gasteiger partial charge in [-0.15, -0.1) is 0 Å². The van der Waals surface area contributed by atoms with Crippen molar-refractivity contribution in [2.75, 3.05) is 27.4 Å². The van der Waals surface area contributed by atoms with Gasteiger partial charge in [-0.2, -0.15) is 0 Å². The van der Waals surface area contributed by atoms with Gasteiger partial charge >= 0.3 is 5.97 Å². The number of aliphatic hydroxyl groups excluding tert-OH is 1. The molecule has 0 radical (unpaired) electrons. The van der Waals surface area contributed by atoms with Gasteiger partial charge in [-0.3, -0.25) is 14.4 Å². The summed E-state index contributed by atoms with van der Waals surface area (Å²) in [6.45, 7) is 5.69. The Morgan fingerprint density at radius 2 is 1.76 bits per heavy atom. The molecular weight excluding hydrogens is 438 g/mol. The number of esters is 1. The number of ether oxygens (including phenoxy) is 3. The number of aryl methyl sites for hydroxylation is 2. The molecule has 1 heterocycles. The molecule has 1 fully saturated rings. The molecule has 0 aliphatic carbocycles. The number of nitrogens with zero attached hydrogens (tertiary/aromatic N) is 1. The molecular formula is C26H29NO7. The summed E-state index contributed by atoms with van der Waals surface area (Å²) in [7, 11) is 3.05. The third kappa shape index (κ3) is 4.97. The van der Waals surface area contributed by atoms with Crippen molar-refractivity contribution < 1.29 is 33.7 Å². The summed E-state index contributed by atoms with van der Waals surface area (Å²) in [6.07, 6.45) is 0.512. The van der Waals surface area contributed by atoms with E-state index in [1.165, 1.54) is 18.9 Å². The van der Waals surface area contributed by atoms with Crippen LogP contribution in [0.25, 0.3) is 5.76 Å². The van der Waals surface area contributed by atoms with Gasteiger partial charge in [0.25, 0.3) is 11.7 Å². The van der Waals surface area contributed by atoms with Crippen LogP contribution in [0.15, 0.2) is 42.0 Å². The summed E-state index contributed by atoms with van der Waals surface area (Å²) >= 11 is 0. The molecule has 2 aromatic rings.